The molecule has 20 heavy (non-hydrogen) atoms. The van der Waals surface area contributed by atoms with E-state index in [1.54, 1.807) is 26.2 Å². The average molecular weight is 276 g/mol. The number of nitrogens with one attached hydrogen (secondary N) is 2. The molecule has 0 spiro atoms. The maximum Gasteiger partial charge on any atom is 0.272 e. The minimum absolute atomic E-state index is 0.211. The van der Waals surface area contributed by atoms with E-state index in [9.17, 15) is 14.4 Å². The second-order valence-corrected chi connectivity index (χ2v) is 4.78. The first-order chi connectivity index (χ1) is 9.47. The summed E-state index contributed by atoms with van der Waals surface area (Å²) in [6.45, 7) is 0. The van der Waals surface area contributed by atoms with E-state index in [0.717, 1.165) is 0 Å². The number of aromatic nitrogens is 1. The first kappa shape index (κ1) is 14.0. The second kappa shape index (κ2) is 5.68. The van der Waals surface area contributed by atoms with Crippen LogP contribution in [-0.2, 0) is 9.59 Å². The Balaban J connectivity index is 2.10. The van der Waals surface area contributed by atoms with Gasteiger partial charge >= 0.3 is 0 Å². The molecule has 0 radical (unpaired) electrons. The first-order valence-electron chi connectivity index (χ1n) is 6.25. The van der Waals surface area contributed by atoms with Crippen molar-refractivity contribution in [1.82, 2.24) is 15.2 Å². The van der Waals surface area contributed by atoms with Crippen molar-refractivity contribution in [2.45, 2.75) is 18.9 Å². The lowest BCUT2D eigenvalue weighted by molar-refractivity contribution is -0.133. The monoisotopic (exact) mass is 276 g/mol. The van der Waals surface area contributed by atoms with Crippen molar-refractivity contribution in [3.63, 3.8) is 0 Å². The van der Waals surface area contributed by atoms with Crippen molar-refractivity contribution < 1.29 is 14.4 Å². The number of imide groups is 1. The minimum atomic E-state index is -0.475. The van der Waals surface area contributed by atoms with Crippen LogP contribution in [0.25, 0.3) is 0 Å². The summed E-state index contributed by atoms with van der Waals surface area (Å²) in [6.07, 6.45) is 2.24. The van der Waals surface area contributed by atoms with Crippen LogP contribution in [0.5, 0.6) is 0 Å². The number of nitrogens with zero attached hydrogens (tertiary/aromatic N) is 2. The fourth-order valence-electron chi connectivity index (χ4n) is 1.90. The SMILES string of the molecule is CN(C)C(=O)c1cc(NC2CCC(=O)NC2=O)ccn1. The lowest BCUT2D eigenvalue weighted by Crippen LogP contribution is -2.47. The fourth-order valence-corrected chi connectivity index (χ4v) is 1.90. The Bertz CT molecular complexity index is 556. The minimum Gasteiger partial charge on any atom is -0.374 e. The number of piperidine rings is 1. The lowest BCUT2D eigenvalue weighted by atomic mass is 10.1. The van der Waals surface area contributed by atoms with Gasteiger partial charge in [0.15, 0.2) is 0 Å². The molecule has 1 aliphatic rings. The molecule has 1 aromatic rings. The number of carbonyl (C=O) groups excluding carboxylic acids is 3. The Labute approximate surface area is 116 Å². The Kier molecular flexibility index (Phi) is 3.97. The number of carbonyl (C=O) groups is 3. The third-order valence-corrected chi connectivity index (χ3v) is 2.97. The highest BCUT2D eigenvalue weighted by atomic mass is 16.2. The van der Waals surface area contributed by atoms with Crippen LogP contribution in [-0.4, -0.2) is 47.7 Å². The third kappa shape index (κ3) is 3.11. The molecule has 1 aliphatic heterocycles. The van der Waals surface area contributed by atoms with E-state index < -0.39 is 6.04 Å². The topological polar surface area (TPSA) is 91.4 Å². The molecule has 3 amide bonds. The summed E-state index contributed by atoms with van der Waals surface area (Å²) in [6, 6.07) is 2.79. The summed E-state index contributed by atoms with van der Waals surface area (Å²) < 4.78 is 0. The van der Waals surface area contributed by atoms with E-state index in [0.29, 0.717) is 24.2 Å². The largest absolute Gasteiger partial charge is 0.374 e. The molecule has 1 saturated heterocycles. The summed E-state index contributed by atoms with van der Waals surface area (Å²) in [5, 5.41) is 5.28. The van der Waals surface area contributed by atoms with E-state index in [1.165, 1.54) is 11.1 Å². The Morgan fingerprint density at radius 3 is 2.85 bits per heavy atom. The summed E-state index contributed by atoms with van der Waals surface area (Å²) in [5.74, 6) is -0.818. The van der Waals surface area contributed by atoms with Crippen LogP contribution in [0.3, 0.4) is 0 Å². The number of rotatable bonds is 3. The smallest absolute Gasteiger partial charge is 0.272 e. The van der Waals surface area contributed by atoms with E-state index in [1.807, 2.05) is 0 Å². The van der Waals surface area contributed by atoms with Crippen LogP contribution in [0.15, 0.2) is 18.3 Å². The van der Waals surface area contributed by atoms with Crippen LogP contribution in [0.2, 0.25) is 0 Å². The molecule has 106 valence electrons. The van der Waals surface area contributed by atoms with Crippen molar-refractivity contribution in [2.24, 2.45) is 0 Å². The zero-order valence-corrected chi connectivity index (χ0v) is 11.3. The van der Waals surface area contributed by atoms with Gasteiger partial charge in [0.05, 0.1) is 0 Å². The molecule has 0 aromatic carbocycles. The molecular formula is C13H16N4O3. The van der Waals surface area contributed by atoms with E-state index in [-0.39, 0.29) is 17.7 Å². The van der Waals surface area contributed by atoms with Gasteiger partial charge < -0.3 is 10.2 Å². The molecule has 2 N–H and O–H groups in total. The molecule has 1 aromatic heterocycles. The van der Waals surface area contributed by atoms with Gasteiger partial charge in [-0.2, -0.15) is 0 Å². The van der Waals surface area contributed by atoms with Crippen LogP contribution in [0.1, 0.15) is 23.3 Å². The van der Waals surface area contributed by atoms with E-state index in [4.69, 9.17) is 0 Å². The van der Waals surface area contributed by atoms with Gasteiger partial charge in [-0.15, -0.1) is 0 Å². The standard InChI is InChI=1S/C13H16N4O3/c1-17(2)13(20)10-7-8(5-6-14-10)15-9-3-4-11(18)16-12(9)19/h5-7,9H,3-4H2,1-2H3,(H,14,15)(H,16,18,19). The zero-order valence-electron chi connectivity index (χ0n) is 11.3. The van der Waals surface area contributed by atoms with Gasteiger partial charge in [-0.3, -0.25) is 24.7 Å². The third-order valence-electron chi connectivity index (χ3n) is 2.97. The van der Waals surface area contributed by atoms with Crippen molar-refractivity contribution in [3.8, 4) is 0 Å². The van der Waals surface area contributed by atoms with Gasteiger partial charge in [0.25, 0.3) is 5.91 Å². The van der Waals surface area contributed by atoms with Gasteiger partial charge in [0, 0.05) is 32.4 Å². The second-order valence-electron chi connectivity index (χ2n) is 4.78. The van der Waals surface area contributed by atoms with Gasteiger partial charge in [-0.25, -0.2) is 0 Å². The molecule has 0 saturated carbocycles. The maximum absolute atomic E-state index is 11.8. The van der Waals surface area contributed by atoms with Gasteiger partial charge in [0.2, 0.25) is 11.8 Å². The molecule has 1 atom stereocenters. The van der Waals surface area contributed by atoms with Crippen LogP contribution in [0, 0.1) is 0 Å². The van der Waals surface area contributed by atoms with Gasteiger partial charge in [-0.05, 0) is 18.6 Å². The Hall–Kier alpha value is -2.44. The fraction of sp³-hybridized carbons (Fsp3) is 0.385. The zero-order chi connectivity index (χ0) is 14.7. The predicted octanol–water partition coefficient (Wildman–Crippen LogP) is 0.000500. The quantitative estimate of drug-likeness (QED) is 0.758. The van der Waals surface area contributed by atoms with Crippen LogP contribution in [0.4, 0.5) is 5.69 Å². The van der Waals surface area contributed by atoms with Crippen molar-refractivity contribution >= 4 is 23.4 Å². The Morgan fingerprint density at radius 2 is 2.20 bits per heavy atom. The van der Waals surface area contributed by atoms with Crippen LogP contribution < -0.4 is 10.6 Å². The lowest BCUT2D eigenvalue weighted by Gasteiger charge is -2.23. The molecule has 2 heterocycles. The first-order valence-corrected chi connectivity index (χ1v) is 6.25. The molecule has 1 fully saturated rings. The van der Waals surface area contributed by atoms with E-state index in [2.05, 4.69) is 15.6 Å². The molecular weight excluding hydrogens is 260 g/mol. The van der Waals surface area contributed by atoms with E-state index >= 15 is 0 Å². The summed E-state index contributed by atoms with van der Waals surface area (Å²) in [7, 11) is 3.29. The molecule has 0 bridgehead atoms. The molecule has 1 unspecified atom stereocenters. The normalized spacial score (nSPS) is 18.4. The summed E-state index contributed by atoms with van der Waals surface area (Å²) in [4.78, 5) is 40.0. The molecule has 7 heteroatoms. The summed E-state index contributed by atoms with van der Waals surface area (Å²) >= 11 is 0. The number of pyridine rings is 1. The van der Waals surface area contributed by atoms with Gasteiger partial charge in [-0.1, -0.05) is 0 Å². The van der Waals surface area contributed by atoms with Crippen molar-refractivity contribution in [1.29, 1.82) is 0 Å². The average Bonchev–Trinajstić information content (AvgIpc) is 2.41. The summed E-state index contributed by atoms with van der Waals surface area (Å²) in [5.41, 5.74) is 0.923. The van der Waals surface area contributed by atoms with Crippen molar-refractivity contribution in [2.75, 3.05) is 19.4 Å². The predicted molar refractivity (Wildman–Crippen MR) is 72.0 cm³/mol. The van der Waals surface area contributed by atoms with Crippen LogP contribution >= 0.6 is 0 Å². The highest BCUT2D eigenvalue weighted by Crippen LogP contribution is 2.14. The Morgan fingerprint density at radius 1 is 1.45 bits per heavy atom. The van der Waals surface area contributed by atoms with Gasteiger partial charge in [0.1, 0.15) is 11.7 Å². The number of amides is 3. The highest BCUT2D eigenvalue weighted by molar-refractivity contribution is 6.01. The maximum atomic E-state index is 11.8. The molecule has 0 aliphatic carbocycles. The number of hydrogen-bond donors (Lipinski definition) is 2. The molecule has 2 rings (SSSR count). The molecule has 7 nitrogen and oxygen atoms in total. The van der Waals surface area contributed by atoms with Crippen molar-refractivity contribution in [3.05, 3.63) is 24.0 Å². The number of hydrogen-bond acceptors (Lipinski definition) is 5. The highest BCUT2D eigenvalue weighted by Gasteiger charge is 2.26. The number of anilines is 1.